The van der Waals surface area contributed by atoms with Gasteiger partial charge in [-0.15, -0.1) is 0 Å². The second kappa shape index (κ2) is 33.3. The minimum absolute atomic E-state index is 1.21. The summed E-state index contributed by atoms with van der Waals surface area (Å²) in [5.41, 5.74) is 0. The van der Waals surface area contributed by atoms with Gasteiger partial charge >= 0.3 is 0 Å². The quantitative estimate of drug-likeness (QED) is 0.404. The van der Waals surface area contributed by atoms with E-state index in [4.69, 9.17) is 15.8 Å². The Labute approximate surface area is 63.1 Å². The van der Waals surface area contributed by atoms with Gasteiger partial charge in [0.15, 0.2) is 0 Å². The Bertz CT molecular complexity index is 24.5. The van der Waals surface area contributed by atoms with Crippen LogP contribution in [0.2, 0.25) is 0 Å². The van der Waals surface area contributed by atoms with E-state index in [0.717, 1.165) is 0 Å². The minimum Gasteiger partial charge on any atom is -0.388 e. The molecule has 8 nitrogen and oxygen atoms in total. The van der Waals surface area contributed by atoms with Crippen molar-refractivity contribution in [3.05, 3.63) is 0 Å². The van der Waals surface area contributed by atoms with E-state index in [1.165, 1.54) is 7.11 Å². The van der Waals surface area contributed by atoms with Crippen LogP contribution in [-0.2, 0) is 24.7 Å². The number of ether oxygens (including phenoxy) is 1. The zero-order valence-electron chi connectivity index (χ0n) is 6.38. The van der Waals surface area contributed by atoms with Gasteiger partial charge < -0.3 is 4.74 Å². The van der Waals surface area contributed by atoms with Crippen LogP contribution in [0.15, 0.2) is 0 Å². The standard InChI is InChI=1S/C2H6O.CH4O3.H2O4/c1-3-2;2*1-3-4-2/h1-2H3;2H,1H3;1-2H. The van der Waals surface area contributed by atoms with Gasteiger partial charge in [-0.2, -0.15) is 0 Å². The normalized spacial score (nSPS) is 7.09. The van der Waals surface area contributed by atoms with Gasteiger partial charge in [0.2, 0.25) is 0 Å². The molecular formula is C3H12O8. The molecule has 0 bridgehead atoms. The molecule has 0 rings (SSSR count). The maximum atomic E-state index is 7.15. The summed E-state index contributed by atoms with van der Waals surface area (Å²) in [4.78, 5) is 3.60. The van der Waals surface area contributed by atoms with Crippen molar-refractivity contribution in [2.24, 2.45) is 0 Å². The van der Waals surface area contributed by atoms with Crippen molar-refractivity contribution in [1.29, 1.82) is 0 Å². The van der Waals surface area contributed by atoms with Crippen LogP contribution in [0.5, 0.6) is 0 Å². The molecule has 0 heterocycles. The van der Waals surface area contributed by atoms with Crippen molar-refractivity contribution in [2.75, 3.05) is 21.3 Å². The Hall–Kier alpha value is -0.320. The molecule has 0 atom stereocenters. The molecule has 0 radical (unpaired) electrons. The predicted molar refractivity (Wildman–Crippen MR) is 31.1 cm³/mol. The molecule has 0 aliphatic heterocycles. The van der Waals surface area contributed by atoms with Crippen LogP contribution in [0, 0.1) is 0 Å². The molecule has 8 heteroatoms. The fraction of sp³-hybridized carbons (Fsp3) is 1.00. The molecule has 3 N–H and O–H groups in total. The Morgan fingerprint density at radius 2 is 0.909 bits per heavy atom. The molecular weight excluding hydrogens is 164 g/mol. The molecule has 11 heavy (non-hydrogen) atoms. The second-order valence-corrected chi connectivity index (χ2v) is 0.799. The van der Waals surface area contributed by atoms with Gasteiger partial charge in [-0.05, 0) is 10.1 Å². The minimum atomic E-state index is 1.21. The van der Waals surface area contributed by atoms with Crippen molar-refractivity contribution in [3.63, 3.8) is 0 Å². The van der Waals surface area contributed by atoms with E-state index in [-0.39, 0.29) is 0 Å². The average Bonchev–Trinajstić information content (AvgIpc) is 2.06. The van der Waals surface area contributed by atoms with Gasteiger partial charge in [0.1, 0.15) is 0 Å². The lowest BCUT2D eigenvalue weighted by Crippen LogP contribution is -1.75. The van der Waals surface area contributed by atoms with E-state index >= 15 is 0 Å². The molecule has 0 fully saturated rings. The number of rotatable bonds is 2. The average molecular weight is 176 g/mol. The maximum Gasteiger partial charge on any atom is 0.0744 e. The zero-order chi connectivity index (χ0) is 9.54. The predicted octanol–water partition coefficient (Wildman–Crippen LogP) is 0.181. The molecule has 0 saturated carbocycles. The molecule has 0 aliphatic rings. The summed E-state index contributed by atoms with van der Waals surface area (Å²) < 4.78 is 4.25. The highest BCUT2D eigenvalue weighted by Gasteiger charge is 1.53. The summed E-state index contributed by atoms with van der Waals surface area (Å²) in [5, 5.41) is 29.2. The monoisotopic (exact) mass is 176 g/mol. The van der Waals surface area contributed by atoms with E-state index in [1.807, 2.05) is 0 Å². The van der Waals surface area contributed by atoms with Crippen LogP contribution in [0.4, 0.5) is 0 Å². The summed E-state index contributed by atoms with van der Waals surface area (Å²) in [6.45, 7) is 0. The zero-order valence-corrected chi connectivity index (χ0v) is 6.38. The third kappa shape index (κ3) is 202. The van der Waals surface area contributed by atoms with Crippen LogP contribution in [-0.4, -0.2) is 37.1 Å². The summed E-state index contributed by atoms with van der Waals surface area (Å²) in [5.74, 6) is 0. The largest absolute Gasteiger partial charge is 0.388 e. The van der Waals surface area contributed by atoms with Crippen LogP contribution >= 0.6 is 0 Å². The Morgan fingerprint density at radius 1 is 0.727 bits per heavy atom. The first-order chi connectivity index (χ1) is 5.24. The Balaban J connectivity index is -0.0000000886. The van der Waals surface area contributed by atoms with Gasteiger partial charge in [0.25, 0.3) is 0 Å². The molecule has 0 unspecified atom stereocenters. The van der Waals surface area contributed by atoms with Gasteiger partial charge in [-0.25, -0.2) is 20.7 Å². The number of hydrogen-bond acceptors (Lipinski definition) is 8. The summed E-state index contributed by atoms with van der Waals surface area (Å²) in [7, 11) is 4.46. The van der Waals surface area contributed by atoms with Crippen molar-refractivity contribution >= 4 is 0 Å². The fourth-order valence-corrected chi connectivity index (χ4v) is 0. The highest BCUT2D eigenvalue weighted by atomic mass is 17.6. The SMILES string of the molecule is COC.COOO.OOOO. The van der Waals surface area contributed by atoms with E-state index in [0.29, 0.717) is 0 Å². The lowest BCUT2D eigenvalue weighted by atomic mass is 11.6. The summed E-state index contributed by atoms with van der Waals surface area (Å²) in [6, 6.07) is 0. The lowest BCUT2D eigenvalue weighted by molar-refractivity contribution is -0.611. The summed E-state index contributed by atoms with van der Waals surface area (Å²) >= 11 is 0. The van der Waals surface area contributed by atoms with E-state index in [9.17, 15) is 0 Å². The van der Waals surface area contributed by atoms with Gasteiger partial charge in [-0.3, -0.25) is 0 Å². The van der Waals surface area contributed by atoms with Gasteiger partial charge in [-0.1, -0.05) is 5.04 Å². The van der Waals surface area contributed by atoms with Crippen molar-refractivity contribution in [2.45, 2.75) is 0 Å². The highest BCUT2D eigenvalue weighted by molar-refractivity contribution is 3.56. The third-order valence-electron chi connectivity index (χ3n) is 0.108. The first kappa shape index (κ1) is 17.0. The van der Waals surface area contributed by atoms with Crippen LogP contribution in [0.3, 0.4) is 0 Å². The van der Waals surface area contributed by atoms with Crippen molar-refractivity contribution < 1.29 is 40.5 Å². The number of methoxy groups -OCH3 is 1. The molecule has 0 aromatic heterocycles. The Kier molecular flexibility index (Phi) is 51.4. The van der Waals surface area contributed by atoms with E-state index in [1.54, 1.807) is 14.2 Å². The summed E-state index contributed by atoms with van der Waals surface area (Å²) in [6.07, 6.45) is 0. The topological polar surface area (TPSA) is 107 Å². The fourth-order valence-electron chi connectivity index (χ4n) is 0. The molecule has 0 aromatic carbocycles. The molecule has 0 saturated heterocycles. The highest BCUT2D eigenvalue weighted by Crippen LogP contribution is 1.51. The molecule has 72 valence electrons. The van der Waals surface area contributed by atoms with Crippen LogP contribution in [0.25, 0.3) is 0 Å². The first-order valence-corrected chi connectivity index (χ1v) is 2.11. The van der Waals surface area contributed by atoms with Crippen LogP contribution in [0.1, 0.15) is 0 Å². The van der Waals surface area contributed by atoms with E-state index < -0.39 is 0 Å². The van der Waals surface area contributed by atoms with Gasteiger partial charge in [0, 0.05) is 14.2 Å². The maximum absolute atomic E-state index is 7.15. The number of hydrogen-bond donors (Lipinski definition) is 3. The smallest absolute Gasteiger partial charge is 0.0744 e. The molecule has 0 aliphatic carbocycles. The Morgan fingerprint density at radius 3 is 0.909 bits per heavy atom. The van der Waals surface area contributed by atoms with E-state index in [2.05, 4.69) is 24.7 Å². The van der Waals surface area contributed by atoms with Crippen molar-refractivity contribution in [1.82, 2.24) is 0 Å². The molecule has 0 aromatic rings. The van der Waals surface area contributed by atoms with Gasteiger partial charge in [0.05, 0.1) is 7.11 Å². The lowest BCUT2D eigenvalue weighted by Gasteiger charge is -1.74. The van der Waals surface area contributed by atoms with Crippen LogP contribution < -0.4 is 0 Å². The molecule has 0 spiro atoms. The van der Waals surface area contributed by atoms with Crippen molar-refractivity contribution in [3.8, 4) is 0 Å². The molecule has 0 amide bonds. The first-order valence-electron chi connectivity index (χ1n) is 2.11. The second-order valence-electron chi connectivity index (χ2n) is 0.799. The third-order valence-corrected chi connectivity index (χ3v) is 0.108.